The Bertz CT molecular complexity index is 619. The number of rotatable bonds is 3. The topological polar surface area (TPSA) is 98.7 Å². The monoisotopic (exact) mass is 260 g/mol. The van der Waals surface area contributed by atoms with Gasteiger partial charge in [-0.2, -0.15) is 5.10 Å². The summed E-state index contributed by atoms with van der Waals surface area (Å²) in [5.41, 5.74) is 8.17. The van der Waals surface area contributed by atoms with Crippen LogP contribution in [-0.4, -0.2) is 25.7 Å². The van der Waals surface area contributed by atoms with Crippen molar-refractivity contribution in [3.8, 4) is 0 Å². The van der Waals surface area contributed by atoms with Gasteiger partial charge in [0.2, 0.25) is 5.95 Å². The summed E-state index contributed by atoms with van der Waals surface area (Å²) in [7, 11) is 0. The van der Waals surface area contributed by atoms with Gasteiger partial charge in [0.15, 0.2) is 0 Å². The van der Waals surface area contributed by atoms with Crippen LogP contribution in [0.4, 0.5) is 11.6 Å². The molecule has 0 aliphatic rings. The predicted molar refractivity (Wildman–Crippen MR) is 71.8 cm³/mol. The van der Waals surface area contributed by atoms with Crippen molar-refractivity contribution in [2.24, 2.45) is 0 Å². The number of amides is 1. The Hall–Kier alpha value is -2.44. The third-order valence-electron chi connectivity index (χ3n) is 2.81. The number of carbonyl (C=O) groups is 1. The number of aryl methyl sites for hydroxylation is 3. The standard InChI is InChI=1S/C12H16N6O/c1-4-18-6-9(13)5-10(18)11(19)15-12-14-7(2)8(3)16-17-12/h5-6H,4,13H2,1-3H3,(H,14,15,17,19). The summed E-state index contributed by atoms with van der Waals surface area (Å²) in [6, 6.07) is 1.62. The lowest BCUT2D eigenvalue weighted by atomic mass is 10.3. The summed E-state index contributed by atoms with van der Waals surface area (Å²) in [6.45, 7) is 6.21. The highest BCUT2D eigenvalue weighted by atomic mass is 16.2. The zero-order valence-electron chi connectivity index (χ0n) is 11.1. The van der Waals surface area contributed by atoms with Crippen LogP contribution in [0.25, 0.3) is 0 Å². The van der Waals surface area contributed by atoms with Crippen LogP contribution in [0.1, 0.15) is 28.8 Å². The molecule has 1 amide bonds. The van der Waals surface area contributed by atoms with Crippen molar-refractivity contribution in [3.63, 3.8) is 0 Å². The van der Waals surface area contributed by atoms with E-state index in [1.54, 1.807) is 16.8 Å². The van der Waals surface area contributed by atoms with Crippen molar-refractivity contribution in [3.05, 3.63) is 29.3 Å². The van der Waals surface area contributed by atoms with Crippen LogP contribution in [-0.2, 0) is 6.54 Å². The molecule has 0 aliphatic carbocycles. The summed E-state index contributed by atoms with van der Waals surface area (Å²) < 4.78 is 1.76. The molecule has 0 radical (unpaired) electrons. The molecule has 19 heavy (non-hydrogen) atoms. The minimum atomic E-state index is -0.302. The molecule has 0 fully saturated rings. The Morgan fingerprint density at radius 3 is 2.74 bits per heavy atom. The molecule has 2 aromatic rings. The minimum absolute atomic E-state index is 0.190. The van der Waals surface area contributed by atoms with E-state index in [9.17, 15) is 4.79 Å². The summed E-state index contributed by atoms with van der Waals surface area (Å²) in [4.78, 5) is 16.3. The number of nitrogens with two attached hydrogens (primary N) is 1. The molecule has 0 spiro atoms. The quantitative estimate of drug-likeness (QED) is 0.862. The molecule has 2 heterocycles. The lowest BCUT2D eigenvalue weighted by Crippen LogP contribution is -2.18. The van der Waals surface area contributed by atoms with E-state index in [0.29, 0.717) is 17.9 Å². The van der Waals surface area contributed by atoms with Crippen molar-refractivity contribution >= 4 is 17.5 Å². The molecule has 3 N–H and O–H groups in total. The van der Waals surface area contributed by atoms with E-state index in [1.807, 2.05) is 20.8 Å². The Morgan fingerprint density at radius 1 is 1.37 bits per heavy atom. The predicted octanol–water partition coefficient (Wildman–Crippen LogP) is 1.14. The third-order valence-corrected chi connectivity index (χ3v) is 2.81. The SMILES string of the molecule is CCn1cc(N)cc1C(=O)Nc1nnc(C)c(C)n1. The second-order valence-corrected chi connectivity index (χ2v) is 4.21. The van der Waals surface area contributed by atoms with E-state index in [-0.39, 0.29) is 11.9 Å². The maximum Gasteiger partial charge on any atom is 0.274 e. The van der Waals surface area contributed by atoms with Gasteiger partial charge in [-0.3, -0.25) is 10.1 Å². The second-order valence-electron chi connectivity index (χ2n) is 4.21. The van der Waals surface area contributed by atoms with Crippen LogP contribution in [0, 0.1) is 13.8 Å². The number of nitrogens with zero attached hydrogens (tertiary/aromatic N) is 4. The first-order valence-electron chi connectivity index (χ1n) is 5.96. The largest absolute Gasteiger partial charge is 0.397 e. The number of anilines is 2. The molecular formula is C12H16N6O. The van der Waals surface area contributed by atoms with E-state index in [4.69, 9.17) is 5.73 Å². The number of hydrogen-bond donors (Lipinski definition) is 2. The summed E-state index contributed by atoms with van der Waals surface area (Å²) in [5.74, 6) is -0.112. The van der Waals surface area contributed by atoms with Gasteiger partial charge in [-0.05, 0) is 26.8 Å². The van der Waals surface area contributed by atoms with Gasteiger partial charge >= 0.3 is 0 Å². The normalized spacial score (nSPS) is 10.5. The van der Waals surface area contributed by atoms with Gasteiger partial charge in [-0.1, -0.05) is 0 Å². The maximum atomic E-state index is 12.1. The molecule has 2 aromatic heterocycles. The van der Waals surface area contributed by atoms with Gasteiger partial charge < -0.3 is 10.3 Å². The number of carbonyl (C=O) groups excluding carboxylic acids is 1. The highest BCUT2D eigenvalue weighted by Crippen LogP contribution is 2.12. The fourth-order valence-electron chi connectivity index (χ4n) is 1.66. The van der Waals surface area contributed by atoms with Gasteiger partial charge in [0.1, 0.15) is 5.69 Å². The van der Waals surface area contributed by atoms with Crippen LogP contribution in [0.2, 0.25) is 0 Å². The summed E-state index contributed by atoms with van der Waals surface area (Å²) >= 11 is 0. The van der Waals surface area contributed by atoms with E-state index >= 15 is 0 Å². The van der Waals surface area contributed by atoms with Crippen LogP contribution < -0.4 is 11.1 Å². The van der Waals surface area contributed by atoms with Crippen LogP contribution in [0.15, 0.2) is 12.3 Å². The first kappa shape index (κ1) is 13.0. The highest BCUT2D eigenvalue weighted by molar-refractivity contribution is 6.02. The van der Waals surface area contributed by atoms with Gasteiger partial charge in [0.25, 0.3) is 5.91 Å². The van der Waals surface area contributed by atoms with Crippen molar-refractivity contribution in [2.75, 3.05) is 11.1 Å². The molecule has 0 atom stereocenters. The van der Waals surface area contributed by atoms with E-state index in [2.05, 4.69) is 20.5 Å². The molecule has 0 saturated heterocycles. The zero-order chi connectivity index (χ0) is 14.0. The van der Waals surface area contributed by atoms with Crippen molar-refractivity contribution in [1.82, 2.24) is 19.7 Å². The van der Waals surface area contributed by atoms with Gasteiger partial charge in [0.05, 0.1) is 17.1 Å². The van der Waals surface area contributed by atoms with Gasteiger partial charge in [0, 0.05) is 12.7 Å². The van der Waals surface area contributed by atoms with Gasteiger partial charge in [-0.25, -0.2) is 4.98 Å². The number of hydrogen-bond acceptors (Lipinski definition) is 5. The fraction of sp³-hybridized carbons (Fsp3) is 0.333. The van der Waals surface area contributed by atoms with Crippen LogP contribution >= 0.6 is 0 Å². The van der Waals surface area contributed by atoms with E-state index in [1.165, 1.54) is 0 Å². The molecule has 7 heteroatoms. The van der Waals surface area contributed by atoms with Crippen molar-refractivity contribution in [2.45, 2.75) is 27.3 Å². The van der Waals surface area contributed by atoms with E-state index < -0.39 is 0 Å². The highest BCUT2D eigenvalue weighted by Gasteiger charge is 2.14. The Kier molecular flexibility index (Phi) is 3.46. The second kappa shape index (κ2) is 5.05. The molecule has 0 aromatic carbocycles. The molecule has 2 rings (SSSR count). The Morgan fingerprint density at radius 2 is 2.11 bits per heavy atom. The molecule has 100 valence electrons. The smallest absolute Gasteiger partial charge is 0.274 e. The molecular weight excluding hydrogens is 244 g/mol. The average Bonchev–Trinajstić information content (AvgIpc) is 2.75. The van der Waals surface area contributed by atoms with Gasteiger partial charge in [-0.15, -0.1) is 5.10 Å². The summed E-state index contributed by atoms with van der Waals surface area (Å²) in [6.07, 6.45) is 1.72. The fourth-order valence-corrected chi connectivity index (χ4v) is 1.66. The van der Waals surface area contributed by atoms with Crippen LogP contribution in [0.3, 0.4) is 0 Å². The number of aromatic nitrogens is 4. The average molecular weight is 260 g/mol. The molecule has 0 aliphatic heterocycles. The Labute approximate surface area is 110 Å². The first-order chi connectivity index (χ1) is 9.01. The number of nitrogen functional groups attached to an aromatic ring is 1. The van der Waals surface area contributed by atoms with E-state index in [0.717, 1.165) is 11.4 Å². The lowest BCUT2D eigenvalue weighted by molar-refractivity contribution is 0.101. The Balaban J connectivity index is 2.22. The molecule has 0 bridgehead atoms. The maximum absolute atomic E-state index is 12.1. The molecule has 0 unspecified atom stereocenters. The minimum Gasteiger partial charge on any atom is -0.397 e. The zero-order valence-corrected chi connectivity index (χ0v) is 11.1. The molecule has 0 saturated carbocycles. The third kappa shape index (κ3) is 2.70. The summed E-state index contributed by atoms with van der Waals surface area (Å²) in [5, 5.41) is 10.4. The van der Waals surface area contributed by atoms with Crippen molar-refractivity contribution in [1.29, 1.82) is 0 Å². The number of nitrogens with one attached hydrogen (secondary N) is 1. The van der Waals surface area contributed by atoms with Crippen molar-refractivity contribution < 1.29 is 4.79 Å². The molecule has 7 nitrogen and oxygen atoms in total. The first-order valence-corrected chi connectivity index (χ1v) is 5.96. The van der Waals surface area contributed by atoms with Crippen LogP contribution in [0.5, 0.6) is 0 Å². The lowest BCUT2D eigenvalue weighted by Gasteiger charge is -2.06.